The lowest BCUT2D eigenvalue weighted by Gasteiger charge is -2.20. The van der Waals surface area contributed by atoms with E-state index in [1.165, 1.54) is 0 Å². The number of hydrogen-bond acceptors (Lipinski definition) is 6. The fourth-order valence-electron chi connectivity index (χ4n) is 2.78. The van der Waals surface area contributed by atoms with Gasteiger partial charge in [-0.25, -0.2) is 0 Å². The molecule has 2 aromatic rings. The molecular formula is C19H24N2O6. The number of nitrogens with two attached hydrogens (primary N) is 1. The van der Waals surface area contributed by atoms with Crippen LogP contribution in [0.4, 0.5) is 0 Å². The Morgan fingerprint density at radius 1 is 1.04 bits per heavy atom. The van der Waals surface area contributed by atoms with Crippen molar-refractivity contribution in [3.8, 4) is 0 Å². The van der Waals surface area contributed by atoms with Gasteiger partial charge in [0.05, 0.1) is 37.0 Å². The van der Waals surface area contributed by atoms with Crippen molar-refractivity contribution in [2.24, 2.45) is 5.73 Å². The number of aliphatic hydroxyl groups is 3. The lowest BCUT2D eigenvalue weighted by molar-refractivity contribution is -0.138. The molecule has 146 valence electrons. The average molecular weight is 376 g/mol. The Hall–Kier alpha value is -2.52. The van der Waals surface area contributed by atoms with Crippen LogP contribution in [0.3, 0.4) is 0 Å². The van der Waals surface area contributed by atoms with Crippen LogP contribution in [0.25, 0.3) is 0 Å². The van der Waals surface area contributed by atoms with Gasteiger partial charge in [0.15, 0.2) is 0 Å². The summed E-state index contributed by atoms with van der Waals surface area (Å²) in [6.45, 7) is -0.618. The maximum Gasteiger partial charge on any atom is 0.312 e. The van der Waals surface area contributed by atoms with Crippen molar-refractivity contribution >= 4 is 11.8 Å². The van der Waals surface area contributed by atoms with Crippen molar-refractivity contribution in [3.05, 3.63) is 59.4 Å². The molecule has 1 aromatic heterocycles. The lowest BCUT2D eigenvalue weighted by atomic mass is 10.1. The summed E-state index contributed by atoms with van der Waals surface area (Å²) in [5.41, 5.74) is 5.87. The summed E-state index contributed by atoms with van der Waals surface area (Å²) < 4.78 is 1.83. The molecule has 1 aromatic carbocycles. The predicted octanol–water partition coefficient (Wildman–Crippen LogP) is -0.0482. The highest BCUT2D eigenvalue weighted by Crippen LogP contribution is 2.31. The molecule has 27 heavy (non-hydrogen) atoms. The first-order chi connectivity index (χ1) is 12.9. The van der Waals surface area contributed by atoms with Crippen LogP contribution < -0.4 is 5.73 Å². The van der Waals surface area contributed by atoms with E-state index >= 15 is 0 Å². The molecular weight excluding hydrogens is 352 g/mol. The second kappa shape index (κ2) is 8.92. The highest BCUT2D eigenvalue weighted by atomic mass is 16.4. The number of carboxylic acids is 1. The van der Waals surface area contributed by atoms with Gasteiger partial charge < -0.3 is 30.7 Å². The number of hydrogen-bond donors (Lipinski definition) is 5. The molecule has 3 rings (SSSR count). The second-order valence-electron chi connectivity index (χ2n) is 6.51. The number of carbonyl (C=O) groups excluding carboxylic acids is 1. The molecule has 0 spiro atoms. The molecule has 0 saturated carbocycles. The number of nitrogens with zero attached hydrogens (tertiary/aromatic N) is 1. The number of carbonyl (C=O) groups is 2. The zero-order chi connectivity index (χ0) is 20.0. The summed E-state index contributed by atoms with van der Waals surface area (Å²) in [5.74, 6) is -1.37. The fourth-order valence-corrected chi connectivity index (χ4v) is 2.78. The van der Waals surface area contributed by atoms with Crippen molar-refractivity contribution in [1.29, 1.82) is 0 Å². The third-order valence-electron chi connectivity index (χ3n) is 4.52. The van der Waals surface area contributed by atoms with Crippen LogP contribution in [-0.2, 0) is 11.3 Å². The van der Waals surface area contributed by atoms with E-state index in [1.807, 2.05) is 22.8 Å². The molecule has 0 bridgehead atoms. The van der Waals surface area contributed by atoms with Crippen LogP contribution in [-0.4, -0.2) is 62.1 Å². The monoisotopic (exact) mass is 376 g/mol. The van der Waals surface area contributed by atoms with Gasteiger partial charge in [-0.05, 0) is 18.6 Å². The normalized spacial score (nSPS) is 15.6. The highest BCUT2D eigenvalue weighted by molar-refractivity contribution is 6.08. The van der Waals surface area contributed by atoms with Gasteiger partial charge >= 0.3 is 5.97 Å². The third kappa shape index (κ3) is 4.61. The van der Waals surface area contributed by atoms with E-state index in [2.05, 4.69) is 0 Å². The quantitative estimate of drug-likeness (QED) is 0.444. The van der Waals surface area contributed by atoms with E-state index in [0.717, 1.165) is 5.69 Å². The molecule has 0 fully saturated rings. The summed E-state index contributed by atoms with van der Waals surface area (Å²) in [6.07, 6.45) is 0.556. The van der Waals surface area contributed by atoms with Crippen molar-refractivity contribution in [3.63, 3.8) is 0 Å². The van der Waals surface area contributed by atoms with Crippen LogP contribution in [0, 0.1) is 0 Å². The topological polar surface area (TPSA) is 146 Å². The Morgan fingerprint density at radius 3 is 2.11 bits per heavy atom. The average Bonchev–Trinajstić information content (AvgIpc) is 3.30. The molecule has 8 nitrogen and oxygen atoms in total. The molecule has 8 heteroatoms. The number of fused-ring (bicyclic) bond motifs is 1. The van der Waals surface area contributed by atoms with E-state index in [9.17, 15) is 9.59 Å². The number of benzene rings is 1. The zero-order valence-corrected chi connectivity index (χ0v) is 14.8. The van der Waals surface area contributed by atoms with Gasteiger partial charge in [0, 0.05) is 17.8 Å². The first-order valence-corrected chi connectivity index (χ1v) is 8.50. The Kier molecular flexibility index (Phi) is 6.86. The minimum absolute atomic E-state index is 0.0575. The third-order valence-corrected chi connectivity index (χ3v) is 4.52. The molecule has 1 aliphatic rings. The second-order valence-corrected chi connectivity index (χ2v) is 6.51. The van der Waals surface area contributed by atoms with E-state index in [1.54, 1.807) is 24.3 Å². The summed E-state index contributed by atoms with van der Waals surface area (Å²) in [6, 6.07) is 12.5. The molecule has 1 aliphatic heterocycles. The first kappa shape index (κ1) is 20.8. The van der Waals surface area contributed by atoms with Crippen LogP contribution in [0.15, 0.2) is 42.5 Å². The minimum atomic E-state index is -1.21. The maximum atomic E-state index is 12.4. The van der Waals surface area contributed by atoms with Gasteiger partial charge in [-0.2, -0.15) is 0 Å². The molecule has 0 amide bonds. The molecule has 0 radical (unpaired) electrons. The summed E-state index contributed by atoms with van der Waals surface area (Å²) in [4.78, 5) is 23.5. The number of ketones is 1. The number of aliphatic hydroxyl groups excluding tert-OH is 3. The van der Waals surface area contributed by atoms with Crippen LogP contribution in [0.1, 0.15) is 34.1 Å². The largest absolute Gasteiger partial charge is 0.481 e. The smallest absolute Gasteiger partial charge is 0.312 e. The van der Waals surface area contributed by atoms with Crippen molar-refractivity contribution in [1.82, 2.24) is 4.57 Å². The zero-order valence-electron chi connectivity index (χ0n) is 14.8. The first-order valence-electron chi connectivity index (χ1n) is 8.50. The number of aromatic nitrogens is 1. The van der Waals surface area contributed by atoms with Gasteiger partial charge in [0.2, 0.25) is 5.78 Å². The lowest BCUT2D eigenvalue weighted by Crippen LogP contribution is -2.50. The van der Waals surface area contributed by atoms with Gasteiger partial charge in [-0.1, -0.05) is 30.3 Å². The summed E-state index contributed by atoms with van der Waals surface area (Å²) in [7, 11) is 0. The predicted molar refractivity (Wildman–Crippen MR) is 97.5 cm³/mol. The number of aliphatic carboxylic acids is 1. The number of carboxylic acid groups (broad SMARTS) is 1. The van der Waals surface area contributed by atoms with Crippen molar-refractivity contribution in [2.45, 2.75) is 24.4 Å². The van der Waals surface area contributed by atoms with Crippen molar-refractivity contribution in [2.75, 3.05) is 19.8 Å². The Balaban J connectivity index is 0.000000279. The maximum absolute atomic E-state index is 12.4. The minimum Gasteiger partial charge on any atom is -0.481 e. The summed E-state index contributed by atoms with van der Waals surface area (Å²) in [5, 5.41) is 34.1. The van der Waals surface area contributed by atoms with Crippen LogP contribution >= 0.6 is 0 Å². The molecule has 0 aliphatic carbocycles. The molecule has 0 saturated heterocycles. The van der Waals surface area contributed by atoms with Gasteiger partial charge in [-0.3, -0.25) is 9.59 Å². The van der Waals surface area contributed by atoms with E-state index in [-0.39, 0.29) is 5.78 Å². The Labute approximate surface area is 156 Å². The highest BCUT2D eigenvalue weighted by Gasteiger charge is 2.31. The van der Waals surface area contributed by atoms with Crippen LogP contribution in [0.2, 0.25) is 0 Å². The molecule has 0 unspecified atom stereocenters. The van der Waals surface area contributed by atoms with E-state index in [0.29, 0.717) is 24.2 Å². The standard InChI is InChI=1S/C15H13NO3.C4H11NO3/c17-14(10-4-2-1-3-5-10)13-7-6-12-11(15(18)19)8-9-16(12)13;5-4(1-6,2-7)3-8/h1-7,11H,8-9H2,(H,18,19);6-8H,1-3,5H2/t11-;/m1./s1. The Morgan fingerprint density at radius 2 is 1.63 bits per heavy atom. The molecule has 6 N–H and O–H groups in total. The van der Waals surface area contributed by atoms with Crippen molar-refractivity contribution < 1.29 is 30.0 Å². The van der Waals surface area contributed by atoms with Crippen LogP contribution in [0.5, 0.6) is 0 Å². The SMILES string of the molecule is NC(CO)(CO)CO.O=C(c1ccccc1)c1ccc2n1CC[C@H]2C(=O)O. The molecule has 1 atom stereocenters. The van der Waals surface area contributed by atoms with E-state index in [4.69, 9.17) is 26.2 Å². The van der Waals surface area contributed by atoms with Gasteiger partial charge in [0.1, 0.15) is 0 Å². The molecule has 2 heterocycles. The van der Waals surface area contributed by atoms with Gasteiger partial charge in [-0.15, -0.1) is 0 Å². The Bertz CT molecular complexity index is 774. The summed E-state index contributed by atoms with van der Waals surface area (Å²) >= 11 is 0. The fraction of sp³-hybridized carbons (Fsp3) is 0.368. The van der Waals surface area contributed by atoms with E-state index < -0.39 is 37.2 Å². The number of rotatable bonds is 6. The van der Waals surface area contributed by atoms with Gasteiger partial charge in [0.25, 0.3) is 0 Å².